The first-order chi connectivity index (χ1) is 19.5. The summed E-state index contributed by atoms with van der Waals surface area (Å²) in [6, 6.07) is 9.32. The van der Waals surface area contributed by atoms with Crippen molar-refractivity contribution in [3.05, 3.63) is 71.9 Å². The Balaban J connectivity index is 1.57. The first kappa shape index (κ1) is 28.7. The second-order valence-electron chi connectivity index (χ2n) is 10.0. The summed E-state index contributed by atoms with van der Waals surface area (Å²) >= 11 is 0. The number of aromatic nitrogens is 4. The van der Waals surface area contributed by atoms with E-state index in [0.717, 1.165) is 50.6 Å². The summed E-state index contributed by atoms with van der Waals surface area (Å²) in [5.74, 6) is 0.761. The highest BCUT2D eigenvalue weighted by Gasteiger charge is 2.34. The van der Waals surface area contributed by atoms with E-state index in [4.69, 9.17) is 9.97 Å². The van der Waals surface area contributed by atoms with Crippen molar-refractivity contribution in [2.24, 2.45) is 0 Å². The maximum Gasteiger partial charge on any atom is 0.433 e. The molecule has 1 aliphatic carbocycles. The van der Waals surface area contributed by atoms with Crippen LogP contribution in [0.2, 0.25) is 0 Å². The number of halogens is 6. The molecule has 5 rings (SSSR count). The van der Waals surface area contributed by atoms with Gasteiger partial charge in [0.15, 0.2) is 0 Å². The van der Waals surface area contributed by atoms with E-state index in [1.54, 1.807) is 6.07 Å². The minimum absolute atomic E-state index is 0.221. The smallest absolute Gasteiger partial charge is 0.338 e. The van der Waals surface area contributed by atoms with Crippen LogP contribution in [0.4, 0.5) is 37.8 Å². The van der Waals surface area contributed by atoms with Crippen LogP contribution in [0.15, 0.2) is 54.9 Å². The lowest BCUT2D eigenvalue weighted by Crippen LogP contribution is -2.36. The Morgan fingerprint density at radius 2 is 1.68 bits per heavy atom. The number of nitrogens with one attached hydrogen (secondary N) is 1. The van der Waals surface area contributed by atoms with Crippen LogP contribution in [0.5, 0.6) is 0 Å². The molecule has 0 saturated heterocycles. The molecular weight excluding hydrogens is 546 g/mol. The Morgan fingerprint density at radius 1 is 0.902 bits per heavy atom. The molecule has 1 aromatic carbocycles. The number of rotatable bonds is 7. The molecule has 216 valence electrons. The standard InChI is InChI=1S/C29H28F6N6/c1-2-41(20-7-4-3-5-8-20)17-25-39-23-15-18(26-22(28(30,31)32)9-6-14-36-26)10-12-21(23)27(40-25)38-19-11-13-24(37-16-19)29(33,34)35/h6,9-16,20H,2-5,7-8,17H2,1H3,(H,38,39,40). The molecule has 3 aromatic heterocycles. The van der Waals surface area contributed by atoms with Crippen LogP contribution in [-0.2, 0) is 18.9 Å². The number of hydrogen-bond donors (Lipinski definition) is 1. The molecule has 0 unspecified atom stereocenters. The van der Waals surface area contributed by atoms with E-state index in [2.05, 4.69) is 27.1 Å². The van der Waals surface area contributed by atoms with E-state index >= 15 is 0 Å². The lowest BCUT2D eigenvalue weighted by molar-refractivity contribution is -0.141. The van der Waals surface area contributed by atoms with Gasteiger partial charge in [-0.25, -0.2) is 15.0 Å². The third kappa shape index (κ3) is 6.58. The molecule has 12 heteroatoms. The molecule has 0 amide bonds. The second kappa shape index (κ2) is 11.6. The molecular formula is C29H28F6N6. The Labute approximate surface area is 232 Å². The first-order valence-electron chi connectivity index (χ1n) is 13.4. The van der Waals surface area contributed by atoms with E-state index in [1.807, 2.05) is 0 Å². The zero-order valence-corrected chi connectivity index (χ0v) is 22.2. The van der Waals surface area contributed by atoms with Gasteiger partial charge in [-0.15, -0.1) is 0 Å². The average Bonchev–Trinajstić information content (AvgIpc) is 2.95. The number of alkyl halides is 6. The van der Waals surface area contributed by atoms with E-state index < -0.39 is 23.6 Å². The Kier molecular flexibility index (Phi) is 8.12. The Morgan fingerprint density at radius 3 is 2.34 bits per heavy atom. The number of pyridine rings is 2. The van der Waals surface area contributed by atoms with Gasteiger partial charge in [0.25, 0.3) is 0 Å². The average molecular weight is 575 g/mol. The third-order valence-electron chi connectivity index (χ3n) is 7.29. The topological polar surface area (TPSA) is 66.8 Å². The molecule has 0 aliphatic heterocycles. The Hall–Kier alpha value is -3.80. The van der Waals surface area contributed by atoms with Crippen LogP contribution < -0.4 is 5.32 Å². The molecule has 1 fully saturated rings. The molecule has 1 aliphatic rings. The third-order valence-corrected chi connectivity index (χ3v) is 7.29. The lowest BCUT2D eigenvalue weighted by atomic mass is 9.94. The highest BCUT2D eigenvalue weighted by molar-refractivity contribution is 5.93. The quantitative estimate of drug-likeness (QED) is 0.226. The van der Waals surface area contributed by atoms with Gasteiger partial charge in [-0.3, -0.25) is 9.88 Å². The molecule has 0 spiro atoms. The van der Waals surface area contributed by atoms with Crippen molar-refractivity contribution in [2.75, 3.05) is 11.9 Å². The van der Waals surface area contributed by atoms with Crippen molar-refractivity contribution in [3.63, 3.8) is 0 Å². The summed E-state index contributed by atoms with van der Waals surface area (Å²) in [5, 5.41) is 3.53. The summed E-state index contributed by atoms with van der Waals surface area (Å²) in [4.78, 5) is 19.2. The van der Waals surface area contributed by atoms with Crippen molar-refractivity contribution >= 4 is 22.4 Å². The summed E-state index contributed by atoms with van der Waals surface area (Å²) in [5.41, 5.74) is -1.22. The fourth-order valence-electron chi connectivity index (χ4n) is 5.25. The maximum absolute atomic E-state index is 13.7. The van der Waals surface area contributed by atoms with E-state index in [-0.39, 0.29) is 16.9 Å². The van der Waals surface area contributed by atoms with Gasteiger partial charge in [0.1, 0.15) is 17.3 Å². The number of hydrogen-bond acceptors (Lipinski definition) is 6. The van der Waals surface area contributed by atoms with E-state index in [0.29, 0.717) is 35.1 Å². The van der Waals surface area contributed by atoms with E-state index in [1.165, 1.54) is 36.9 Å². The largest absolute Gasteiger partial charge is 0.433 e. The zero-order valence-electron chi connectivity index (χ0n) is 22.2. The van der Waals surface area contributed by atoms with Crippen LogP contribution in [0.3, 0.4) is 0 Å². The van der Waals surface area contributed by atoms with Gasteiger partial charge in [-0.1, -0.05) is 32.3 Å². The second-order valence-corrected chi connectivity index (χ2v) is 10.0. The summed E-state index contributed by atoms with van der Waals surface area (Å²) in [6.07, 6.45) is -1.20. The molecule has 6 nitrogen and oxygen atoms in total. The summed E-state index contributed by atoms with van der Waals surface area (Å²) in [6.45, 7) is 3.24. The minimum atomic E-state index is -4.60. The highest BCUT2D eigenvalue weighted by atomic mass is 19.4. The van der Waals surface area contributed by atoms with Crippen LogP contribution in [0.25, 0.3) is 22.2 Å². The van der Waals surface area contributed by atoms with Crippen LogP contribution in [-0.4, -0.2) is 37.4 Å². The van der Waals surface area contributed by atoms with Crippen molar-refractivity contribution in [1.82, 2.24) is 24.8 Å². The predicted molar refractivity (Wildman–Crippen MR) is 143 cm³/mol. The van der Waals surface area contributed by atoms with Gasteiger partial charge in [0.05, 0.1) is 35.2 Å². The maximum atomic E-state index is 13.7. The van der Waals surface area contributed by atoms with Crippen LogP contribution in [0.1, 0.15) is 56.1 Å². The van der Waals surface area contributed by atoms with Crippen molar-refractivity contribution in [3.8, 4) is 11.3 Å². The molecule has 41 heavy (non-hydrogen) atoms. The summed E-state index contributed by atoms with van der Waals surface area (Å²) < 4.78 is 80.2. The summed E-state index contributed by atoms with van der Waals surface area (Å²) in [7, 11) is 0. The normalized spacial score (nSPS) is 15.0. The van der Waals surface area contributed by atoms with Crippen molar-refractivity contribution in [1.29, 1.82) is 0 Å². The molecule has 3 heterocycles. The zero-order chi connectivity index (χ0) is 29.2. The fraction of sp³-hybridized carbons (Fsp3) is 0.379. The predicted octanol–water partition coefficient (Wildman–Crippen LogP) is 8.02. The van der Waals surface area contributed by atoms with Crippen LogP contribution in [0, 0.1) is 0 Å². The van der Waals surface area contributed by atoms with E-state index in [9.17, 15) is 26.3 Å². The lowest BCUT2D eigenvalue weighted by Gasteiger charge is -2.33. The Bertz CT molecular complexity index is 1500. The first-order valence-corrected chi connectivity index (χ1v) is 13.4. The number of fused-ring (bicyclic) bond motifs is 1. The molecule has 0 radical (unpaired) electrons. The molecule has 4 aromatic rings. The highest BCUT2D eigenvalue weighted by Crippen LogP contribution is 2.37. The van der Waals surface area contributed by atoms with Gasteiger partial charge in [-0.05, 0) is 55.8 Å². The van der Waals surface area contributed by atoms with Gasteiger partial charge in [0.2, 0.25) is 0 Å². The monoisotopic (exact) mass is 574 g/mol. The number of benzene rings is 1. The van der Waals surface area contributed by atoms with Crippen molar-refractivity contribution < 1.29 is 26.3 Å². The van der Waals surface area contributed by atoms with Crippen molar-refractivity contribution in [2.45, 2.75) is 64.0 Å². The fourth-order valence-corrected chi connectivity index (χ4v) is 5.25. The van der Waals surface area contributed by atoms with Gasteiger partial charge in [-0.2, -0.15) is 26.3 Å². The number of anilines is 2. The van der Waals surface area contributed by atoms with Gasteiger partial charge >= 0.3 is 12.4 Å². The number of nitrogens with zero attached hydrogens (tertiary/aromatic N) is 5. The SMILES string of the molecule is CCN(Cc1nc(Nc2ccc(C(F)(F)F)nc2)c2ccc(-c3ncccc3C(F)(F)F)cc2n1)C1CCCCC1. The molecule has 1 saturated carbocycles. The van der Waals surface area contributed by atoms with Crippen LogP contribution >= 0.6 is 0 Å². The van der Waals surface area contributed by atoms with Gasteiger partial charge < -0.3 is 5.32 Å². The molecule has 1 N–H and O–H groups in total. The molecule has 0 bridgehead atoms. The molecule has 0 atom stereocenters. The van der Waals surface area contributed by atoms with Gasteiger partial charge in [0, 0.05) is 23.2 Å². The minimum Gasteiger partial charge on any atom is -0.338 e.